The fourth-order valence-electron chi connectivity index (χ4n) is 10.7. The van der Waals surface area contributed by atoms with Gasteiger partial charge in [0.05, 0.1) is 38.1 Å². The fourth-order valence-corrected chi connectivity index (χ4v) is 10.7. The van der Waals surface area contributed by atoms with Crippen LogP contribution in [-0.2, 0) is 19.1 Å². The summed E-state index contributed by atoms with van der Waals surface area (Å²) < 4.78 is 27.0. The average molecular weight is 839 g/mol. The van der Waals surface area contributed by atoms with E-state index in [1.807, 2.05) is 35.2 Å². The Morgan fingerprint density at radius 2 is 1.67 bits per heavy atom. The predicted octanol–water partition coefficient (Wildman–Crippen LogP) is 8.70. The first-order valence-electron chi connectivity index (χ1n) is 22.7. The van der Waals surface area contributed by atoms with Crippen LogP contribution in [-0.4, -0.2) is 97.0 Å². The van der Waals surface area contributed by atoms with Crippen molar-refractivity contribution < 1.29 is 43.9 Å². The number of nitrogens with zero attached hydrogens (tertiary/aromatic N) is 2. The maximum absolute atomic E-state index is 14.8. The van der Waals surface area contributed by atoms with Gasteiger partial charge < -0.3 is 44.0 Å². The first-order chi connectivity index (χ1) is 29.9. The summed E-state index contributed by atoms with van der Waals surface area (Å²) in [5, 5.41) is 36.4. The van der Waals surface area contributed by atoms with E-state index in [2.05, 4.69) is 43.0 Å². The second-order valence-electron chi connectivity index (χ2n) is 17.2. The van der Waals surface area contributed by atoms with Gasteiger partial charge in [0.15, 0.2) is 0 Å². The summed E-state index contributed by atoms with van der Waals surface area (Å²) in [6, 6.07) is 19.7. The third-order valence-electron chi connectivity index (χ3n) is 13.5. The van der Waals surface area contributed by atoms with Gasteiger partial charge in [0, 0.05) is 44.1 Å². The van der Waals surface area contributed by atoms with Gasteiger partial charge in [0.25, 0.3) is 0 Å². The largest absolute Gasteiger partial charge is 0.459 e. The number of hydrogen-bond donors (Lipinski definition) is 3. The molecule has 6 atom stereocenters. The van der Waals surface area contributed by atoms with E-state index in [9.17, 15) is 20.1 Å². The van der Waals surface area contributed by atoms with E-state index < -0.39 is 17.7 Å². The second-order valence-corrected chi connectivity index (χ2v) is 17.2. The van der Waals surface area contributed by atoms with Crippen molar-refractivity contribution in [1.29, 1.82) is 0 Å². The van der Waals surface area contributed by atoms with Crippen molar-refractivity contribution in [3.05, 3.63) is 90.5 Å². The minimum atomic E-state index is -1.35. The van der Waals surface area contributed by atoms with Gasteiger partial charge >= 0.3 is 0 Å². The van der Waals surface area contributed by atoms with E-state index >= 15 is 0 Å². The molecule has 6 unspecified atom stereocenters. The Morgan fingerprint density at radius 1 is 0.918 bits per heavy atom. The zero-order valence-electron chi connectivity index (χ0n) is 35.9. The van der Waals surface area contributed by atoms with Crippen LogP contribution in [0.25, 0.3) is 10.8 Å². The molecule has 0 radical (unpaired) electrons. The molecule has 1 amide bonds. The van der Waals surface area contributed by atoms with Gasteiger partial charge in [0.2, 0.25) is 11.7 Å². The molecule has 61 heavy (non-hydrogen) atoms. The van der Waals surface area contributed by atoms with Gasteiger partial charge in [-0.1, -0.05) is 86.2 Å². The first-order valence-corrected chi connectivity index (χ1v) is 22.7. The van der Waals surface area contributed by atoms with Crippen molar-refractivity contribution >= 4 is 22.4 Å². The molecular formula is C50H66N2O9. The number of unbranched alkanes of at least 4 members (excludes halogenated alkanes) is 2. The van der Waals surface area contributed by atoms with Gasteiger partial charge in [-0.25, -0.2) is 0 Å². The zero-order chi connectivity index (χ0) is 42.6. The Labute approximate surface area is 361 Å². The van der Waals surface area contributed by atoms with Crippen LogP contribution >= 0.6 is 0 Å². The van der Waals surface area contributed by atoms with Gasteiger partial charge in [-0.05, 0) is 96.5 Å². The van der Waals surface area contributed by atoms with E-state index in [0.29, 0.717) is 43.1 Å². The molecular weight excluding hydrogens is 773 g/mol. The quantitative estimate of drug-likeness (QED) is 0.0486. The third kappa shape index (κ3) is 10.2. The number of ether oxygens (including phenoxy) is 4. The van der Waals surface area contributed by atoms with Crippen LogP contribution in [0.5, 0.6) is 17.2 Å². The molecule has 0 spiro atoms. The zero-order valence-corrected chi connectivity index (χ0v) is 35.9. The van der Waals surface area contributed by atoms with Crippen molar-refractivity contribution in [1.82, 2.24) is 4.90 Å². The molecule has 11 nitrogen and oxygen atoms in total. The van der Waals surface area contributed by atoms with E-state index in [4.69, 9.17) is 28.9 Å². The van der Waals surface area contributed by atoms with Crippen molar-refractivity contribution in [2.75, 3.05) is 53.3 Å². The monoisotopic (exact) mass is 838 g/mol. The molecule has 330 valence electrons. The van der Waals surface area contributed by atoms with Crippen molar-refractivity contribution in [3.8, 4) is 17.2 Å². The van der Waals surface area contributed by atoms with Crippen molar-refractivity contribution in [2.24, 2.45) is 28.8 Å². The summed E-state index contributed by atoms with van der Waals surface area (Å²) in [6.45, 7) is 5.04. The minimum Gasteiger partial charge on any atom is -0.459 e. The lowest BCUT2D eigenvalue weighted by Crippen LogP contribution is -2.70. The second kappa shape index (κ2) is 21.7. The Morgan fingerprint density at radius 3 is 2.43 bits per heavy atom. The number of aliphatic hydroxyl groups excluding tert-OH is 3. The highest BCUT2D eigenvalue weighted by atomic mass is 16.7. The molecule has 3 aromatic carbocycles. The number of hydrogen-bond acceptors (Lipinski definition) is 10. The number of benzene rings is 3. The van der Waals surface area contributed by atoms with Crippen LogP contribution in [0.3, 0.4) is 0 Å². The van der Waals surface area contributed by atoms with E-state index in [0.717, 1.165) is 78.3 Å². The number of rotatable bonds is 23. The Balaban J connectivity index is 1.38. The molecule has 0 aromatic heterocycles. The summed E-state index contributed by atoms with van der Waals surface area (Å²) >= 11 is 0. The molecule has 3 N–H and O–H groups in total. The maximum Gasteiger partial charge on any atom is 0.239 e. The molecule has 2 fully saturated rings. The first kappa shape index (κ1) is 44.8. The fraction of sp³-hybridized carbons (Fsp3) is 0.560. The van der Waals surface area contributed by atoms with Crippen LogP contribution in [0.2, 0.25) is 0 Å². The van der Waals surface area contributed by atoms with Gasteiger partial charge in [-0.3, -0.25) is 4.79 Å². The maximum atomic E-state index is 14.8. The Hall–Kier alpha value is -4.26. The Bertz CT molecular complexity index is 1980. The predicted molar refractivity (Wildman–Crippen MR) is 237 cm³/mol. The molecule has 3 aliphatic carbocycles. The smallest absolute Gasteiger partial charge is 0.239 e. The number of carbonyl (C=O) groups excluding carboxylic acids is 1. The molecule has 0 saturated heterocycles. The lowest BCUT2D eigenvalue weighted by molar-refractivity contribution is -0.258. The number of amides is 1. The topological polar surface area (TPSA) is 140 Å². The molecule has 3 aromatic rings. The van der Waals surface area contributed by atoms with Gasteiger partial charge in [0.1, 0.15) is 30.4 Å². The summed E-state index contributed by atoms with van der Waals surface area (Å²) in [7, 11) is 1.56. The lowest BCUT2D eigenvalue weighted by atomic mass is 9.55. The highest BCUT2D eigenvalue weighted by molar-refractivity contribution is 6.03. The van der Waals surface area contributed by atoms with Crippen LogP contribution in [0.15, 0.2) is 90.1 Å². The van der Waals surface area contributed by atoms with Crippen molar-refractivity contribution in [2.45, 2.75) is 101 Å². The highest BCUT2D eigenvalue weighted by Gasteiger charge is 2.65. The molecule has 11 heteroatoms. The third-order valence-corrected chi connectivity index (χ3v) is 13.5. The van der Waals surface area contributed by atoms with Gasteiger partial charge in [-0.15, -0.1) is 6.58 Å². The molecule has 7 rings (SSSR count). The number of oxime groups is 1. The van der Waals surface area contributed by atoms with E-state index in [-0.39, 0.29) is 69.8 Å². The molecule has 0 bridgehead atoms. The number of aliphatic hydroxyl groups is 3. The minimum absolute atomic E-state index is 0.0116. The standard InChI is InChI=1S/C50H66N2O9/c1-3-28-59-50-46(52(24-29-58-30-27-55)47(56)23-18-35-12-4-5-13-35)34-44(51-57-2)42-32-38(16-8-10-25-53)41(17-9-11-26-54)48(49(42)50)43-33-40(21-22-45(43)61-50)60-39-20-19-36-14-6-7-15-37(36)31-39/h3,6-7,14-15,19-22,31-33,35,38,41,46,48-49,53-55H,1,4-5,8-13,16-18,23-30,34H2,2H3. The van der Waals surface area contributed by atoms with Crippen LogP contribution in [0, 0.1) is 23.7 Å². The molecule has 4 aliphatic rings. The number of carbonyl (C=O) groups is 1. The average Bonchev–Trinajstić information content (AvgIpc) is 3.81. The van der Waals surface area contributed by atoms with E-state index in [1.54, 1.807) is 13.2 Å². The summed E-state index contributed by atoms with van der Waals surface area (Å²) in [6.07, 6.45) is 15.1. The molecule has 2 saturated carbocycles. The Kier molecular flexibility index (Phi) is 15.9. The van der Waals surface area contributed by atoms with Crippen molar-refractivity contribution in [3.63, 3.8) is 0 Å². The van der Waals surface area contributed by atoms with Crippen LogP contribution in [0.4, 0.5) is 0 Å². The highest BCUT2D eigenvalue weighted by Crippen LogP contribution is 2.62. The number of allylic oxidation sites excluding steroid dienone is 1. The SMILES string of the molecule is C=CCOC12Oc3ccc(Oc4ccc5ccccc5c4)cc3C3C(CCCCO)C(CCCCO)C=C(C(=NOC)CC1N(CCOCCO)C(=O)CCC1CCCC1)C32. The van der Waals surface area contributed by atoms with Gasteiger partial charge in [-0.2, -0.15) is 0 Å². The normalized spacial score (nSPS) is 25.1. The number of fused-ring (bicyclic) bond motifs is 3. The van der Waals surface area contributed by atoms with Crippen LogP contribution < -0.4 is 9.47 Å². The molecule has 1 heterocycles. The summed E-state index contributed by atoms with van der Waals surface area (Å²) in [4.78, 5) is 22.3. The van der Waals surface area contributed by atoms with E-state index in [1.165, 1.54) is 12.8 Å². The van der Waals surface area contributed by atoms with Crippen LogP contribution in [0.1, 0.15) is 95.0 Å². The summed E-state index contributed by atoms with van der Waals surface area (Å²) in [5.41, 5.74) is 2.73. The lowest BCUT2D eigenvalue weighted by Gasteiger charge is -2.60. The summed E-state index contributed by atoms with van der Waals surface area (Å²) in [5.74, 6) is 0.893. The molecule has 1 aliphatic heterocycles.